The lowest BCUT2D eigenvalue weighted by Gasteiger charge is -2.10. The predicted octanol–water partition coefficient (Wildman–Crippen LogP) is 2.61. The number of nitrogens with one attached hydrogen (secondary N) is 2. The van der Waals surface area contributed by atoms with E-state index in [4.69, 9.17) is 0 Å². The predicted molar refractivity (Wildman–Crippen MR) is 95.5 cm³/mol. The van der Waals surface area contributed by atoms with Crippen molar-refractivity contribution >= 4 is 34.7 Å². The van der Waals surface area contributed by atoms with Crippen LogP contribution in [0, 0.1) is 5.82 Å². The van der Waals surface area contributed by atoms with Gasteiger partial charge in [-0.15, -0.1) is 0 Å². The minimum atomic E-state index is -0.472. The summed E-state index contributed by atoms with van der Waals surface area (Å²) in [6.07, 6.45) is 0. The van der Waals surface area contributed by atoms with Gasteiger partial charge in [0, 0.05) is 25.3 Å². The van der Waals surface area contributed by atoms with Crippen LogP contribution in [-0.4, -0.2) is 29.7 Å². The second kappa shape index (κ2) is 6.79. The summed E-state index contributed by atoms with van der Waals surface area (Å²) in [7, 11) is 1.39. The topological polar surface area (TPSA) is 78.5 Å². The Hall–Kier alpha value is -3.48. The first-order valence-electron chi connectivity index (χ1n) is 7.84. The van der Waals surface area contributed by atoms with Crippen LogP contribution >= 0.6 is 0 Å². The Morgan fingerprint density at radius 3 is 2.08 bits per heavy atom. The number of carbonyl (C=O) groups is 3. The molecular formula is C19H16FN3O3. The lowest BCUT2D eigenvalue weighted by molar-refractivity contribution is -0.135. The van der Waals surface area contributed by atoms with Crippen molar-refractivity contribution in [3.63, 3.8) is 0 Å². The third-order valence-corrected chi connectivity index (χ3v) is 3.89. The highest BCUT2D eigenvalue weighted by Crippen LogP contribution is 2.30. The van der Waals surface area contributed by atoms with Gasteiger partial charge in [-0.2, -0.15) is 0 Å². The number of halogens is 1. The molecule has 0 saturated heterocycles. The van der Waals surface area contributed by atoms with Crippen LogP contribution in [0.2, 0.25) is 0 Å². The lowest BCUT2D eigenvalue weighted by atomic mass is 10.0. The third kappa shape index (κ3) is 3.32. The van der Waals surface area contributed by atoms with E-state index in [0.717, 1.165) is 4.90 Å². The molecule has 3 rings (SSSR count). The van der Waals surface area contributed by atoms with Gasteiger partial charge in [0.05, 0.1) is 5.57 Å². The van der Waals surface area contributed by atoms with Crippen LogP contribution < -0.4 is 10.6 Å². The van der Waals surface area contributed by atoms with Crippen LogP contribution in [0.5, 0.6) is 0 Å². The Balaban J connectivity index is 1.96. The molecule has 0 saturated carbocycles. The second-order valence-corrected chi connectivity index (χ2v) is 5.81. The molecular weight excluding hydrogens is 337 g/mol. The fourth-order valence-electron chi connectivity index (χ4n) is 2.63. The summed E-state index contributed by atoms with van der Waals surface area (Å²) in [4.78, 5) is 37.0. The molecule has 1 aliphatic heterocycles. The number of likely N-dealkylation sites (N-methyl/N-ethyl adjacent to an activating group) is 1. The Labute approximate surface area is 149 Å². The number of benzene rings is 2. The number of imide groups is 1. The normalized spacial score (nSPS) is 14.0. The molecule has 2 N–H and O–H groups in total. The minimum Gasteiger partial charge on any atom is -0.350 e. The maximum absolute atomic E-state index is 13.2. The number of carbonyl (C=O) groups excluding carboxylic acids is 3. The number of hydrogen-bond acceptors (Lipinski definition) is 4. The molecule has 7 heteroatoms. The van der Waals surface area contributed by atoms with E-state index in [1.54, 1.807) is 24.3 Å². The molecule has 0 aromatic heterocycles. The van der Waals surface area contributed by atoms with Crippen molar-refractivity contribution < 1.29 is 18.8 Å². The molecule has 2 aromatic carbocycles. The smallest absolute Gasteiger partial charge is 0.277 e. The van der Waals surface area contributed by atoms with Crippen molar-refractivity contribution in [1.29, 1.82) is 0 Å². The molecule has 6 nitrogen and oxygen atoms in total. The van der Waals surface area contributed by atoms with E-state index in [-0.39, 0.29) is 17.2 Å². The molecule has 0 radical (unpaired) electrons. The van der Waals surface area contributed by atoms with E-state index in [1.807, 2.05) is 0 Å². The zero-order valence-corrected chi connectivity index (χ0v) is 14.2. The third-order valence-electron chi connectivity index (χ3n) is 3.89. The molecule has 2 aromatic rings. The lowest BCUT2D eigenvalue weighted by Crippen LogP contribution is -2.27. The fraction of sp³-hybridized carbons (Fsp3) is 0.105. The Morgan fingerprint density at radius 1 is 0.923 bits per heavy atom. The summed E-state index contributed by atoms with van der Waals surface area (Å²) in [6, 6.07) is 12.1. The summed E-state index contributed by atoms with van der Waals surface area (Å²) >= 11 is 0. The van der Waals surface area contributed by atoms with Crippen molar-refractivity contribution in [1.82, 2.24) is 4.90 Å². The molecule has 3 amide bonds. The largest absolute Gasteiger partial charge is 0.350 e. The Kier molecular flexibility index (Phi) is 4.53. The first kappa shape index (κ1) is 17.3. The average Bonchev–Trinajstić information content (AvgIpc) is 2.81. The van der Waals surface area contributed by atoms with E-state index >= 15 is 0 Å². The zero-order valence-electron chi connectivity index (χ0n) is 14.2. The minimum absolute atomic E-state index is 0.122. The fourth-order valence-corrected chi connectivity index (χ4v) is 2.63. The van der Waals surface area contributed by atoms with Crippen molar-refractivity contribution in [2.75, 3.05) is 17.7 Å². The van der Waals surface area contributed by atoms with Crippen LogP contribution in [0.1, 0.15) is 12.5 Å². The summed E-state index contributed by atoms with van der Waals surface area (Å²) in [5, 5.41) is 5.60. The SMILES string of the molecule is CC(=O)Nc1ccc(NC2=C(c3ccc(F)cc3)C(=O)N(C)C2=O)cc1. The number of hydrogen-bond donors (Lipinski definition) is 2. The maximum Gasteiger partial charge on any atom is 0.277 e. The molecule has 132 valence electrons. The first-order chi connectivity index (χ1) is 12.4. The quantitative estimate of drug-likeness (QED) is 0.828. The van der Waals surface area contributed by atoms with Gasteiger partial charge in [-0.05, 0) is 42.0 Å². The van der Waals surface area contributed by atoms with Crippen LogP contribution in [-0.2, 0) is 14.4 Å². The molecule has 1 aliphatic rings. The highest BCUT2D eigenvalue weighted by Gasteiger charge is 2.36. The molecule has 0 aliphatic carbocycles. The summed E-state index contributed by atoms with van der Waals surface area (Å²) in [5.41, 5.74) is 1.94. The molecule has 1 heterocycles. The Bertz CT molecular complexity index is 918. The number of rotatable bonds is 4. The molecule has 0 fully saturated rings. The van der Waals surface area contributed by atoms with Crippen molar-refractivity contribution in [2.45, 2.75) is 6.92 Å². The highest BCUT2D eigenvalue weighted by molar-refractivity contribution is 6.36. The number of nitrogens with zero attached hydrogens (tertiary/aromatic N) is 1. The monoisotopic (exact) mass is 353 g/mol. The van der Waals surface area contributed by atoms with Crippen molar-refractivity contribution in [2.24, 2.45) is 0 Å². The Morgan fingerprint density at radius 2 is 1.50 bits per heavy atom. The molecule has 0 spiro atoms. The van der Waals surface area contributed by atoms with Gasteiger partial charge in [-0.25, -0.2) is 4.39 Å². The second-order valence-electron chi connectivity index (χ2n) is 5.81. The average molecular weight is 353 g/mol. The van der Waals surface area contributed by atoms with E-state index in [1.165, 1.54) is 38.2 Å². The van der Waals surface area contributed by atoms with Gasteiger partial charge in [-0.3, -0.25) is 19.3 Å². The molecule has 0 atom stereocenters. The summed E-state index contributed by atoms with van der Waals surface area (Å²) in [6.45, 7) is 1.41. The van der Waals surface area contributed by atoms with Gasteiger partial charge in [-0.1, -0.05) is 12.1 Å². The van der Waals surface area contributed by atoms with E-state index in [2.05, 4.69) is 10.6 Å². The first-order valence-corrected chi connectivity index (χ1v) is 7.84. The number of amides is 3. The van der Waals surface area contributed by atoms with Gasteiger partial charge in [0.15, 0.2) is 0 Å². The van der Waals surface area contributed by atoms with E-state index in [9.17, 15) is 18.8 Å². The van der Waals surface area contributed by atoms with Crippen LogP contribution in [0.25, 0.3) is 5.57 Å². The van der Waals surface area contributed by atoms with Gasteiger partial charge >= 0.3 is 0 Å². The van der Waals surface area contributed by atoms with Gasteiger partial charge in [0.1, 0.15) is 11.5 Å². The van der Waals surface area contributed by atoms with Crippen molar-refractivity contribution in [3.8, 4) is 0 Å². The van der Waals surface area contributed by atoms with Crippen LogP contribution in [0.15, 0.2) is 54.2 Å². The van der Waals surface area contributed by atoms with Gasteiger partial charge in [0.25, 0.3) is 11.8 Å². The zero-order chi connectivity index (χ0) is 18.8. The highest BCUT2D eigenvalue weighted by atomic mass is 19.1. The summed E-state index contributed by atoms with van der Waals surface area (Å²) < 4.78 is 13.2. The standard InChI is InChI=1S/C19H16FN3O3/c1-11(24)21-14-7-9-15(10-8-14)22-17-16(18(25)23(2)19(17)26)12-3-5-13(20)6-4-12/h3-10,22H,1-2H3,(H,21,24). The van der Waals surface area contributed by atoms with Crippen LogP contribution in [0.4, 0.5) is 15.8 Å². The van der Waals surface area contributed by atoms with E-state index in [0.29, 0.717) is 16.9 Å². The van der Waals surface area contributed by atoms with Crippen molar-refractivity contribution in [3.05, 3.63) is 65.6 Å². The molecule has 26 heavy (non-hydrogen) atoms. The summed E-state index contributed by atoms with van der Waals surface area (Å²) in [5.74, 6) is -1.55. The number of anilines is 2. The van der Waals surface area contributed by atoms with Gasteiger partial charge < -0.3 is 10.6 Å². The maximum atomic E-state index is 13.2. The van der Waals surface area contributed by atoms with Crippen LogP contribution in [0.3, 0.4) is 0 Å². The molecule has 0 unspecified atom stereocenters. The van der Waals surface area contributed by atoms with Gasteiger partial charge in [0.2, 0.25) is 5.91 Å². The van der Waals surface area contributed by atoms with E-state index < -0.39 is 17.6 Å². The molecule has 0 bridgehead atoms.